The molecule has 0 radical (unpaired) electrons. The highest BCUT2D eigenvalue weighted by molar-refractivity contribution is 5.91. The number of nitrogens with one attached hydrogen (secondary N) is 2. The number of carbonyl (C=O) groups is 3. The van der Waals surface area contributed by atoms with Crippen molar-refractivity contribution in [2.45, 2.75) is 70.4 Å². The summed E-state index contributed by atoms with van der Waals surface area (Å²) in [5.41, 5.74) is 3.00. The molecule has 2 aromatic carbocycles. The minimum atomic E-state index is -1.09. The van der Waals surface area contributed by atoms with Gasteiger partial charge in [0.05, 0.1) is 6.42 Å². The van der Waals surface area contributed by atoms with Gasteiger partial charge in [-0.1, -0.05) is 82.1 Å². The number of fused-ring (bicyclic) bond motifs is 3. The summed E-state index contributed by atoms with van der Waals surface area (Å²) in [6.45, 7) is 5.84. The van der Waals surface area contributed by atoms with Crippen LogP contribution in [0.3, 0.4) is 0 Å². The lowest BCUT2D eigenvalue weighted by molar-refractivity contribution is -0.139. The van der Waals surface area contributed by atoms with Crippen LogP contribution in [0.15, 0.2) is 48.5 Å². The van der Waals surface area contributed by atoms with E-state index in [1.165, 1.54) is 0 Å². The molecule has 0 spiro atoms. The van der Waals surface area contributed by atoms with Gasteiger partial charge in [0, 0.05) is 12.0 Å². The number of hydrogen-bond acceptors (Lipinski definition) is 4. The van der Waals surface area contributed by atoms with Gasteiger partial charge in [0.1, 0.15) is 12.1 Å². The number of carboxylic acids is 1. The molecule has 0 aliphatic heterocycles. The molecule has 1 saturated carbocycles. The van der Waals surface area contributed by atoms with Crippen molar-refractivity contribution in [2.24, 2.45) is 5.41 Å². The van der Waals surface area contributed by atoms with Crippen LogP contribution in [0.25, 0.3) is 11.1 Å². The first-order valence-electron chi connectivity index (χ1n) is 12.3. The Balaban J connectivity index is 1.45. The second kappa shape index (κ2) is 9.72. The molecule has 2 aliphatic rings. The Morgan fingerprint density at radius 3 is 2.06 bits per heavy atom. The van der Waals surface area contributed by atoms with Gasteiger partial charge in [-0.05, 0) is 40.5 Å². The van der Waals surface area contributed by atoms with E-state index < -0.39 is 29.1 Å². The summed E-state index contributed by atoms with van der Waals surface area (Å²) in [6, 6.07) is 15.7. The van der Waals surface area contributed by atoms with Gasteiger partial charge < -0.3 is 20.5 Å². The predicted molar refractivity (Wildman–Crippen MR) is 133 cm³/mol. The molecule has 0 heterocycles. The number of rotatable bonds is 7. The van der Waals surface area contributed by atoms with Crippen molar-refractivity contribution in [3.05, 3.63) is 59.7 Å². The molecule has 1 unspecified atom stereocenters. The lowest BCUT2D eigenvalue weighted by Crippen LogP contribution is -2.60. The van der Waals surface area contributed by atoms with Crippen molar-refractivity contribution in [2.75, 3.05) is 6.61 Å². The Bertz CT molecular complexity index is 1070. The van der Waals surface area contributed by atoms with Crippen LogP contribution in [0, 0.1) is 5.41 Å². The average Bonchev–Trinajstić information content (AvgIpc) is 3.40. The smallest absolute Gasteiger partial charge is 0.408 e. The standard InChI is InChI=1S/C28H34N2O5/c1-27(2,3)23(16-24(31)32)29-25(33)28(14-8-9-15-28)30-26(34)35-17-22-20-12-6-4-10-18(20)19-11-5-7-13-21(19)22/h4-7,10-13,22-23H,8-9,14-17H2,1-3H3,(H,29,33)(H,30,34)(H,31,32). The number of carboxylic acid groups (broad SMARTS) is 1. The van der Waals surface area contributed by atoms with Crippen molar-refractivity contribution in [3.63, 3.8) is 0 Å². The molecule has 35 heavy (non-hydrogen) atoms. The molecule has 7 heteroatoms. The van der Waals surface area contributed by atoms with E-state index >= 15 is 0 Å². The Labute approximate surface area is 206 Å². The van der Waals surface area contributed by atoms with Crippen LogP contribution in [0.2, 0.25) is 0 Å². The fourth-order valence-corrected chi connectivity index (χ4v) is 5.26. The summed E-state index contributed by atoms with van der Waals surface area (Å²) >= 11 is 0. The third-order valence-corrected chi connectivity index (χ3v) is 7.31. The molecule has 0 aromatic heterocycles. The van der Waals surface area contributed by atoms with Gasteiger partial charge in [-0.3, -0.25) is 9.59 Å². The van der Waals surface area contributed by atoms with Crippen LogP contribution in [0.4, 0.5) is 4.79 Å². The summed E-state index contributed by atoms with van der Waals surface area (Å²) in [6.07, 6.45) is 1.78. The fourth-order valence-electron chi connectivity index (χ4n) is 5.26. The van der Waals surface area contributed by atoms with E-state index in [9.17, 15) is 19.5 Å². The maximum atomic E-state index is 13.4. The number of amides is 2. The molecule has 1 atom stereocenters. The molecule has 0 bridgehead atoms. The largest absolute Gasteiger partial charge is 0.481 e. The van der Waals surface area contributed by atoms with Gasteiger partial charge >= 0.3 is 12.1 Å². The molecular formula is C28H34N2O5. The average molecular weight is 479 g/mol. The van der Waals surface area contributed by atoms with Crippen LogP contribution in [-0.2, 0) is 14.3 Å². The van der Waals surface area contributed by atoms with Crippen molar-refractivity contribution < 1.29 is 24.2 Å². The lowest BCUT2D eigenvalue weighted by atomic mass is 9.83. The van der Waals surface area contributed by atoms with E-state index in [-0.39, 0.29) is 24.9 Å². The summed E-state index contributed by atoms with van der Waals surface area (Å²) in [4.78, 5) is 37.7. The number of carbonyl (C=O) groups excluding carboxylic acids is 2. The fraction of sp³-hybridized carbons (Fsp3) is 0.464. The number of hydrogen-bond donors (Lipinski definition) is 3. The molecular weight excluding hydrogens is 444 g/mol. The second-order valence-corrected chi connectivity index (χ2v) is 10.7. The lowest BCUT2D eigenvalue weighted by Gasteiger charge is -2.35. The summed E-state index contributed by atoms with van der Waals surface area (Å²) < 4.78 is 5.69. The third-order valence-electron chi connectivity index (χ3n) is 7.31. The van der Waals surface area contributed by atoms with Crippen LogP contribution in [0.1, 0.15) is 69.9 Å². The number of benzene rings is 2. The topological polar surface area (TPSA) is 105 Å². The Morgan fingerprint density at radius 1 is 1.00 bits per heavy atom. The van der Waals surface area contributed by atoms with Crippen molar-refractivity contribution in [1.82, 2.24) is 10.6 Å². The minimum Gasteiger partial charge on any atom is -0.481 e. The van der Waals surface area contributed by atoms with E-state index in [0.29, 0.717) is 12.8 Å². The first-order chi connectivity index (χ1) is 16.6. The van der Waals surface area contributed by atoms with Crippen molar-refractivity contribution >= 4 is 18.0 Å². The van der Waals surface area contributed by atoms with Crippen LogP contribution in [0.5, 0.6) is 0 Å². The zero-order valence-electron chi connectivity index (χ0n) is 20.6. The van der Waals surface area contributed by atoms with Gasteiger partial charge in [0.15, 0.2) is 0 Å². The molecule has 4 rings (SSSR count). The van der Waals surface area contributed by atoms with Gasteiger partial charge in [-0.15, -0.1) is 0 Å². The Kier molecular flexibility index (Phi) is 6.88. The Morgan fingerprint density at radius 2 is 1.54 bits per heavy atom. The normalized spacial score (nSPS) is 17.2. The highest BCUT2D eigenvalue weighted by Crippen LogP contribution is 2.44. The van der Waals surface area contributed by atoms with E-state index in [0.717, 1.165) is 35.1 Å². The van der Waals surface area contributed by atoms with Gasteiger partial charge in [-0.2, -0.15) is 0 Å². The van der Waals surface area contributed by atoms with Crippen LogP contribution < -0.4 is 10.6 Å². The molecule has 1 fully saturated rings. The molecule has 2 aliphatic carbocycles. The van der Waals surface area contributed by atoms with Crippen LogP contribution in [-0.4, -0.2) is 41.3 Å². The van der Waals surface area contributed by atoms with Crippen LogP contribution >= 0.6 is 0 Å². The monoisotopic (exact) mass is 478 g/mol. The Hall–Kier alpha value is -3.35. The molecule has 0 saturated heterocycles. The first kappa shape index (κ1) is 24.8. The predicted octanol–water partition coefficient (Wildman–Crippen LogP) is 4.84. The molecule has 7 nitrogen and oxygen atoms in total. The number of ether oxygens (including phenoxy) is 1. The zero-order valence-corrected chi connectivity index (χ0v) is 20.6. The molecule has 186 valence electrons. The maximum absolute atomic E-state index is 13.4. The summed E-state index contributed by atoms with van der Waals surface area (Å²) in [7, 11) is 0. The van der Waals surface area contributed by atoms with Gasteiger partial charge in [0.2, 0.25) is 5.91 Å². The summed E-state index contributed by atoms with van der Waals surface area (Å²) in [5.74, 6) is -1.39. The van der Waals surface area contributed by atoms with E-state index in [1.54, 1.807) is 0 Å². The van der Waals surface area contributed by atoms with Crippen molar-refractivity contribution in [1.29, 1.82) is 0 Å². The first-order valence-corrected chi connectivity index (χ1v) is 12.3. The SMILES string of the molecule is CC(C)(C)C(CC(=O)O)NC(=O)C1(NC(=O)OCC2c3ccccc3-c3ccccc32)CCCC1. The van der Waals surface area contributed by atoms with Gasteiger partial charge in [-0.25, -0.2) is 4.79 Å². The highest BCUT2D eigenvalue weighted by atomic mass is 16.5. The molecule has 2 aromatic rings. The van der Waals surface area contributed by atoms with E-state index in [2.05, 4.69) is 34.9 Å². The maximum Gasteiger partial charge on any atom is 0.408 e. The highest BCUT2D eigenvalue weighted by Gasteiger charge is 2.45. The van der Waals surface area contributed by atoms with E-state index in [4.69, 9.17) is 4.74 Å². The zero-order chi connectivity index (χ0) is 25.2. The number of alkyl carbamates (subject to hydrolysis) is 1. The summed E-state index contributed by atoms with van der Waals surface area (Å²) in [5, 5.41) is 15.1. The van der Waals surface area contributed by atoms with E-state index in [1.807, 2.05) is 45.0 Å². The van der Waals surface area contributed by atoms with Crippen molar-refractivity contribution in [3.8, 4) is 11.1 Å². The third kappa shape index (κ3) is 5.19. The van der Waals surface area contributed by atoms with Gasteiger partial charge in [0.25, 0.3) is 0 Å². The molecule has 2 amide bonds. The minimum absolute atomic E-state index is 0.0673. The second-order valence-electron chi connectivity index (χ2n) is 10.7. The molecule has 3 N–H and O–H groups in total. The quantitative estimate of drug-likeness (QED) is 0.528. The number of aliphatic carboxylic acids is 1.